The molecule has 1 aromatic heterocycles. The summed E-state index contributed by atoms with van der Waals surface area (Å²) in [6.45, 7) is 6.38. The van der Waals surface area contributed by atoms with Crippen LogP contribution in [0.2, 0.25) is 0 Å². The van der Waals surface area contributed by atoms with E-state index in [2.05, 4.69) is 11.9 Å². The number of thiazole rings is 1. The lowest BCUT2D eigenvalue weighted by molar-refractivity contribution is 0.0991. The number of fused-ring (bicyclic) bond motifs is 1. The van der Waals surface area contributed by atoms with Crippen LogP contribution in [0.1, 0.15) is 46.5 Å². The molecule has 1 heterocycles. The van der Waals surface area contributed by atoms with E-state index in [0.29, 0.717) is 15.9 Å². The predicted molar refractivity (Wildman–Crippen MR) is 108 cm³/mol. The van der Waals surface area contributed by atoms with E-state index < -0.39 is 0 Å². The van der Waals surface area contributed by atoms with Gasteiger partial charge in [-0.05, 0) is 44.0 Å². The third-order valence-electron chi connectivity index (χ3n) is 4.39. The van der Waals surface area contributed by atoms with Crippen molar-refractivity contribution in [1.82, 2.24) is 4.57 Å². The van der Waals surface area contributed by atoms with Crippen LogP contribution in [0.5, 0.6) is 5.75 Å². The van der Waals surface area contributed by atoms with Crippen molar-refractivity contribution in [3.05, 3.63) is 57.9 Å². The summed E-state index contributed by atoms with van der Waals surface area (Å²) in [5.41, 5.74) is 3.14. The molecule has 0 saturated carbocycles. The second kappa shape index (κ2) is 7.88. The number of Topliss-reactive ketones (excluding diaryl/α,β-unsaturated/α-hetero) is 1. The van der Waals surface area contributed by atoms with Gasteiger partial charge in [0.2, 0.25) is 0 Å². The molecule has 0 bridgehead atoms. The first-order valence-electron chi connectivity index (χ1n) is 8.83. The maximum Gasteiger partial charge on any atom is 0.279 e. The van der Waals surface area contributed by atoms with Crippen molar-refractivity contribution < 1.29 is 14.3 Å². The van der Waals surface area contributed by atoms with Crippen LogP contribution < -0.4 is 9.54 Å². The molecule has 5 nitrogen and oxygen atoms in total. The van der Waals surface area contributed by atoms with E-state index >= 15 is 0 Å². The zero-order valence-electron chi connectivity index (χ0n) is 15.9. The van der Waals surface area contributed by atoms with E-state index in [-0.39, 0.29) is 11.7 Å². The normalized spacial score (nSPS) is 11.8. The molecule has 140 valence electrons. The molecule has 3 aromatic rings. The van der Waals surface area contributed by atoms with E-state index in [1.54, 1.807) is 31.4 Å². The van der Waals surface area contributed by atoms with Gasteiger partial charge in [-0.3, -0.25) is 9.59 Å². The highest BCUT2D eigenvalue weighted by Crippen LogP contribution is 2.30. The lowest BCUT2D eigenvalue weighted by atomic mass is 10.1. The van der Waals surface area contributed by atoms with Gasteiger partial charge in [-0.15, -0.1) is 0 Å². The van der Waals surface area contributed by atoms with Crippen molar-refractivity contribution in [3.8, 4) is 5.75 Å². The number of carbonyl (C=O) groups excluding carboxylic acids is 2. The minimum atomic E-state index is -0.321. The summed E-state index contributed by atoms with van der Waals surface area (Å²) in [6.07, 6.45) is 0.914. The molecule has 0 aliphatic carbocycles. The number of amides is 1. The van der Waals surface area contributed by atoms with Crippen LogP contribution >= 0.6 is 11.3 Å². The molecule has 3 rings (SSSR count). The van der Waals surface area contributed by atoms with E-state index in [0.717, 1.165) is 34.5 Å². The Morgan fingerprint density at radius 2 is 1.78 bits per heavy atom. The zero-order chi connectivity index (χ0) is 19.6. The molecule has 1 amide bonds. The van der Waals surface area contributed by atoms with Crippen molar-refractivity contribution in [2.24, 2.45) is 4.99 Å². The molecule has 0 fully saturated rings. The molecule has 0 radical (unpaired) electrons. The first kappa shape index (κ1) is 19.0. The van der Waals surface area contributed by atoms with Gasteiger partial charge in [-0.25, -0.2) is 0 Å². The smallest absolute Gasteiger partial charge is 0.279 e. The lowest BCUT2D eigenvalue weighted by Gasteiger charge is -2.08. The zero-order valence-corrected chi connectivity index (χ0v) is 16.7. The summed E-state index contributed by atoms with van der Waals surface area (Å²) in [4.78, 5) is 29.1. The fourth-order valence-corrected chi connectivity index (χ4v) is 4.10. The largest absolute Gasteiger partial charge is 0.495 e. The standard InChI is InChI=1S/C21H22N2O3S/c1-5-12-23-18-17(26-4)11-6-13(2)19(18)27-21(23)22-20(25)16-9-7-15(8-10-16)14(3)24/h6-11H,5,12H2,1-4H3. The highest BCUT2D eigenvalue weighted by atomic mass is 32.1. The first-order chi connectivity index (χ1) is 13.0. The lowest BCUT2D eigenvalue weighted by Crippen LogP contribution is -2.17. The van der Waals surface area contributed by atoms with Crippen LogP contribution in [-0.4, -0.2) is 23.4 Å². The monoisotopic (exact) mass is 382 g/mol. The van der Waals surface area contributed by atoms with Crippen LogP contribution in [0.3, 0.4) is 0 Å². The second-order valence-electron chi connectivity index (χ2n) is 6.35. The quantitative estimate of drug-likeness (QED) is 0.616. The second-order valence-corrected chi connectivity index (χ2v) is 7.33. The number of hydrogen-bond donors (Lipinski definition) is 0. The topological polar surface area (TPSA) is 60.7 Å². The van der Waals surface area contributed by atoms with Gasteiger partial charge in [0, 0.05) is 17.7 Å². The van der Waals surface area contributed by atoms with Crippen molar-refractivity contribution in [3.63, 3.8) is 0 Å². The Morgan fingerprint density at radius 1 is 1.11 bits per heavy atom. The van der Waals surface area contributed by atoms with Crippen molar-refractivity contribution in [2.75, 3.05) is 7.11 Å². The average Bonchev–Trinajstić information content (AvgIpc) is 3.02. The van der Waals surface area contributed by atoms with Crippen LogP contribution in [0.25, 0.3) is 10.2 Å². The summed E-state index contributed by atoms with van der Waals surface area (Å²) in [7, 11) is 1.65. The van der Waals surface area contributed by atoms with Gasteiger partial charge in [0.15, 0.2) is 10.6 Å². The number of benzene rings is 2. The third-order valence-corrected chi connectivity index (χ3v) is 5.60. The van der Waals surface area contributed by atoms with E-state index in [9.17, 15) is 9.59 Å². The van der Waals surface area contributed by atoms with Crippen molar-refractivity contribution in [2.45, 2.75) is 33.7 Å². The Bertz CT molecular complexity index is 1080. The number of rotatable bonds is 5. The molecule has 27 heavy (non-hydrogen) atoms. The number of aryl methyl sites for hydroxylation is 2. The fraction of sp³-hybridized carbons (Fsp3) is 0.286. The van der Waals surface area contributed by atoms with E-state index in [4.69, 9.17) is 4.74 Å². The van der Waals surface area contributed by atoms with Crippen molar-refractivity contribution in [1.29, 1.82) is 0 Å². The van der Waals surface area contributed by atoms with Gasteiger partial charge in [-0.1, -0.05) is 36.5 Å². The van der Waals surface area contributed by atoms with E-state index in [1.807, 2.05) is 23.6 Å². The van der Waals surface area contributed by atoms with Gasteiger partial charge < -0.3 is 9.30 Å². The Balaban J connectivity index is 2.14. The summed E-state index contributed by atoms with van der Waals surface area (Å²) in [5, 5.41) is 0. The number of hydrogen-bond acceptors (Lipinski definition) is 4. The Morgan fingerprint density at radius 3 is 2.37 bits per heavy atom. The molecule has 0 aliphatic heterocycles. The molecule has 6 heteroatoms. The van der Waals surface area contributed by atoms with Gasteiger partial charge in [0.05, 0.1) is 11.8 Å². The van der Waals surface area contributed by atoms with Gasteiger partial charge in [0.1, 0.15) is 11.3 Å². The maximum absolute atomic E-state index is 12.7. The summed E-state index contributed by atoms with van der Waals surface area (Å²) < 4.78 is 8.66. The molecule has 2 aromatic carbocycles. The highest BCUT2D eigenvalue weighted by Gasteiger charge is 2.14. The number of methoxy groups -OCH3 is 1. The van der Waals surface area contributed by atoms with Crippen LogP contribution in [-0.2, 0) is 6.54 Å². The number of ether oxygens (including phenoxy) is 1. The number of carbonyl (C=O) groups is 2. The Hall–Kier alpha value is -2.73. The molecular weight excluding hydrogens is 360 g/mol. The van der Waals surface area contributed by atoms with Gasteiger partial charge >= 0.3 is 0 Å². The maximum atomic E-state index is 12.7. The summed E-state index contributed by atoms with van der Waals surface area (Å²) in [6, 6.07) is 10.6. The molecule has 0 atom stereocenters. The van der Waals surface area contributed by atoms with Crippen LogP contribution in [0.15, 0.2) is 41.4 Å². The number of aromatic nitrogens is 1. The van der Waals surface area contributed by atoms with Crippen LogP contribution in [0.4, 0.5) is 0 Å². The molecule has 0 unspecified atom stereocenters. The minimum Gasteiger partial charge on any atom is -0.495 e. The van der Waals surface area contributed by atoms with Gasteiger partial charge in [-0.2, -0.15) is 4.99 Å². The predicted octanol–water partition coefficient (Wildman–Crippen LogP) is 4.37. The van der Waals surface area contributed by atoms with Crippen molar-refractivity contribution >= 4 is 33.2 Å². The third kappa shape index (κ3) is 3.71. The molecular formula is C21H22N2O3S. The highest BCUT2D eigenvalue weighted by molar-refractivity contribution is 7.16. The van der Waals surface area contributed by atoms with Gasteiger partial charge in [0.25, 0.3) is 5.91 Å². The number of nitrogens with zero attached hydrogens (tertiary/aromatic N) is 2. The summed E-state index contributed by atoms with van der Waals surface area (Å²) in [5.74, 6) is 0.428. The molecule has 0 saturated heterocycles. The summed E-state index contributed by atoms with van der Waals surface area (Å²) >= 11 is 1.49. The SMILES string of the molecule is CCCn1c(=NC(=O)c2ccc(C(C)=O)cc2)sc2c(C)ccc(OC)c21. The molecule has 0 N–H and O–H groups in total. The Kier molecular flexibility index (Phi) is 5.56. The molecule has 0 aliphatic rings. The first-order valence-corrected chi connectivity index (χ1v) is 9.65. The average molecular weight is 382 g/mol. The van der Waals surface area contributed by atoms with Crippen LogP contribution in [0, 0.1) is 6.92 Å². The minimum absolute atomic E-state index is 0.0289. The van der Waals surface area contributed by atoms with E-state index in [1.165, 1.54) is 18.3 Å². The molecule has 0 spiro atoms. The Labute approximate surface area is 161 Å². The fourth-order valence-electron chi connectivity index (χ4n) is 2.96. The number of ketones is 1.